The van der Waals surface area contributed by atoms with Crippen molar-refractivity contribution in [1.82, 2.24) is 5.32 Å². The first-order valence-electron chi connectivity index (χ1n) is 10.5. The van der Waals surface area contributed by atoms with Crippen molar-refractivity contribution in [3.8, 4) is 5.75 Å². The van der Waals surface area contributed by atoms with Gasteiger partial charge in [0.1, 0.15) is 11.8 Å². The van der Waals surface area contributed by atoms with Crippen LogP contribution in [-0.2, 0) is 4.79 Å². The molecule has 0 fully saturated rings. The molecule has 0 aliphatic rings. The van der Waals surface area contributed by atoms with Crippen molar-refractivity contribution in [1.29, 1.82) is 0 Å². The van der Waals surface area contributed by atoms with E-state index < -0.39 is 6.04 Å². The molecule has 0 saturated heterocycles. The second kappa shape index (κ2) is 10.6. The van der Waals surface area contributed by atoms with E-state index in [0.29, 0.717) is 18.0 Å². The highest BCUT2D eigenvalue weighted by atomic mass is 16.5. The van der Waals surface area contributed by atoms with Gasteiger partial charge in [0, 0.05) is 6.04 Å². The van der Waals surface area contributed by atoms with Crippen LogP contribution in [0.3, 0.4) is 0 Å². The number of anilines is 1. The van der Waals surface area contributed by atoms with E-state index in [0.717, 1.165) is 12.0 Å². The quantitative estimate of drug-likeness (QED) is 0.474. The van der Waals surface area contributed by atoms with E-state index in [4.69, 9.17) is 4.74 Å². The fourth-order valence-corrected chi connectivity index (χ4v) is 3.47. The summed E-state index contributed by atoms with van der Waals surface area (Å²) in [6, 6.07) is 25.4. The van der Waals surface area contributed by atoms with Crippen molar-refractivity contribution in [3.05, 3.63) is 95.6 Å². The largest absolute Gasteiger partial charge is 0.492 e. The SMILES string of the molecule is CCOc1ccccc1NC(=O)[C@@H](N[C@H](CC)c1ccc(C)cc1)c1ccccc1. The molecule has 3 rings (SSSR count). The predicted octanol–water partition coefficient (Wildman–Crippen LogP) is 5.81. The number of para-hydroxylation sites is 2. The van der Waals surface area contributed by atoms with Crippen molar-refractivity contribution in [2.24, 2.45) is 0 Å². The Labute approximate surface area is 179 Å². The van der Waals surface area contributed by atoms with Crippen molar-refractivity contribution in [2.45, 2.75) is 39.3 Å². The molecule has 1 amide bonds. The van der Waals surface area contributed by atoms with E-state index in [9.17, 15) is 4.79 Å². The Kier molecular flexibility index (Phi) is 7.63. The lowest BCUT2D eigenvalue weighted by Crippen LogP contribution is -2.35. The second-order valence-electron chi connectivity index (χ2n) is 7.30. The van der Waals surface area contributed by atoms with Crippen LogP contribution in [-0.4, -0.2) is 12.5 Å². The van der Waals surface area contributed by atoms with Gasteiger partial charge in [-0.15, -0.1) is 0 Å². The van der Waals surface area contributed by atoms with Gasteiger partial charge in [-0.1, -0.05) is 79.2 Å². The molecule has 3 aromatic rings. The van der Waals surface area contributed by atoms with Gasteiger partial charge in [0.25, 0.3) is 0 Å². The molecule has 0 saturated carbocycles. The Morgan fingerprint density at radius 2 is 1.53 bits per heavy atom. The van der Waals surface area contributed by atoms with Gasteiger partial charge in [-0.3, -0.25) is 10.1 Å². The molecule has 2 N–H and O–H groups in total. The molecule has 156 valence electrons. The van der Waals surface area contributed by atoms with Gasteiger partial charge < -0.3 is 10.1 Å². The van der Waals surface area contributed by atoms with Gasteiger partial charge in [0.2, 0.25) is 5.91 Å². The Hall–Kier alpha value is -3.11. The first-order chi connectivity index (χ1) is 14.6. The van der Waals surface area contributed by atoms with Gasteiger partial charge in [0.05, 0.1) is 12.3 Å². The van der Waals surface area contributed by atoms with E-state index in [-0.39, 0.29) is 11.9 Å². The van der Waals surface area contributed by atoms with Gasteiger partial charge in [0.15, 0.2) is 0 Å². The van der Waals surface area contributed by atoms with Gasteiger partial charge in [-0.05, 0) is 43.5 Å². The van der Waals surface area contributed by atoms with Crippen LogP contribution in [0.1, 0.15) is 49.0 Å². The molecule has 0 radical (unpaired) electrons. The van der Waals surface area contributed by atoms with Crippen LogP contribution in [0.25, 0.3) is 0 Å². The molecule has 4 heteroatoms. The fraction of sp³-hybridized carbons (Fsp3) is 0.269. The summed E-state index contributed by atoms with van der Waals surface area (Å²) in [5, 5.41) is 6.63. The number of aryl methyl sites for hydroxylation is 1. The number of hydrogen-bond acceptors (Lipinski definition) is 3. The molecule has 0 bridgehead atoms. The standard InChI is InChI=1S/C26H30N2O2/c1-4-22(20-17-15-19(3)16-18-20)27-25(21-11-7-6-8-12-21)26(29)28-23-13-9-10-14-24(23)30-5-2/h6-18,22,25,27H,4-5H2,1-3H3,(H,28,29)/t22-,25+/m1/s1. The van der Waals surface area contributed by atoms with E-state index >= 15 is 0 Å². The van der Waals surface area contributed by atoms with Crippen LogP contribution in [0.4, 0.5) is 5.69 Å². The van der Waals surface area contributed by atoms with Crippen LogP contribution in [0.15, 0.2) is 78.9 Å². The van der Waals surface area contributed by atoms with Gasteiger partial charge >= 0.3 is 0 Å². The normalized spacial score (nSPS) is 12.8. The number of hydrogen-bond donors (Lipinski definition) is 2. The summed E-state index contributed by atoms with van der Waals surface area (Å²) in [5.74, 6) is 0.560. The van der Waals surface area contributed by atoms with Crippen LogP contribution in [0, 0.1) is 6.92 Å². The molecule has 0 aliphatic heterocycles. The fourth-order valence-electron chi connectivity index (χ4n) is 3.47. The van der Waals surface area contributed by atoms with E-state index in [2.05, 4.69) is 48.7 Å². The molecule has 0 heterocycles. The Morgan fingerprint density at radius 3 is 2.20 bits per heavy atom. The minimum Gasteiger partial charge on any atom is -0.492 e. The van der Waals surface area contributed by atoms with Crippen LogP contribution >= 0.6 is 0 Å². The summed E-state index contributed by atoms with van der Waals surface area (Å²) in [6.07, 6.45) is 0.870. The van der Waals surface area contributed by atoms with E-state index in [1.807, 2.05) is 61.5 Å². The molecule has 3 aromatic carbocycles. The summed E-state index contributed by atoms with van der Waals surface area (Å²) in [7, 11) is 0. The van der Waals surface area contributed by atoms with Crippen LogP contribution in [0.2, 0.25) is 0 Å². The first kappa shape index (κ1) is 21.6. The van der Waals surface area contributed by atoms with Crippen molar-refractivity contribution < 1.29 is 9.53 Å². The van der Waals surface area contributed by atoms with Gasteiger partial charge in [-0.2, -0.15) is 0 Å². The van der Waals surface area contributed by atoms with Crippen molar-refractivity contribution in [3.63, 3.8) is 0 Å². The molecular weight excluding hydrogens is 372 g/mol. The minimum atomic E-state index is -0.493. The lowest BCUT2D eigenvalue weighted by molar-refractivity contribution is -0.118. The highest BCUT2D eigenvalue weighted by Gasteiger charge is 2.25. The maximum absolute atomic E-state index is 13.4. The van der Waals surface area contributed by atoms with Crippen LogP contribution < -0.4 is 15.4 Å². The third-order valence-electron chi connectivity index (χ3n) is 5.10. The summed E-state index contributed by atoms with van der Waals surface area (Å²) in [4.78, 5) is 13.4. The molecule has 4 nitrogen and oxygen atoms in total. The Bertz CT molecular complexity index is 939. The number of rotatable bonds is 9. The summed E-state index contributed by atoms with van der Waals surface area (Å²) in [5.41, 5.74) is 4.00. The molecular formula is C26H30N2O2. The Morgan fingerprint density at radius 1 is 0.867 bits per heavy atom. The number of carbonyl (C=O) groups is 1. The number of nitrogens with one attached hydrogen (secondary N) is 2. The zero-order valence-corrected chi connectivity index (χ0v) is 17.9. The Balaban J connectivity index is 1.87. The molecule has 2 atom stereocenters. The topological polar surface area (TPSA) is 50.4 Å². The van der Waals surface area contributed by atoms with E-state index in [1.54, 1.807) is 0 Å². The average Bonchev–Trinajstić information content (AvgIpc) is 2.77. The van der Waals surface area contributed by atoms with Crippen molar-refractivity contribution >= 4 is 11.6 Å². The lowest BCUT2D eigenvalue weighted by atomic mass is 9.99. The summed E-state index contributed by atoms with van der Waals surface area (Å²) < 4.78 is 5.67. The molecule has 0 spiro atoms. The monoisotopic (exact) mass is 402 g/mol. The first-order valence-corrected chi connectivity index (χ1v) is 10.5. The zero-order chi connectivity index (χ0) is 21.3. The number of benzene rings is 3. The maximum Gasteiger partial charge on any atom is 0.246 e. The van der Waals surface area contributed by atoms with Crippen molar-refractivity contribution in [2.75, 3.05) is 11.9 Å². The van der Waals surface area contributed by atoms with Gasteiger partial charge in [-0.25, -0.2) is 0 Å². The number of amides is 1. The van der Waals surface area contributed by atoms with E-state index in [1.165, 1.54) is 11.1 Å². The molecule has 0 aliphatic carbocycles. The number of ether oxygens (including phenoxy) is 1. The second-order valence-corrected chi connectivity index (χ2v) is 7.30. The summed E-state index contributed by atoms with van der Waals surface area (Å²) >= 11 is 0. The zero-order valence-electron chi connectivity index (χ0n) is 17.9. The third-order valence-corrected chi connectivity index (χ3v) is 5.10. The summed E-state index contributed by atoms with van der Waals surface area (Å²) in [6.45, 7) is 6.68. The highest BCUT2D eigenvalue weighted by Crippen LogP contribution is 2.27. The molecule has 0 aromatic heterocycles. The predicted molar refractivity (Wildman–Crippen MR) is 123 cm³/mol. The molecule has 0 unspecified atom stereocenters. The highest BCUT2D eigenvalue weighted by molar-refractivity contribution is 5.96. The third kappa shape index (κ3) is 5.49. The molecule has 30 heavy (non-hydrogen) atoms. The smallest absolute Gasteiger partial charge is 0.246 e. The maximum atomic E-state index is 13.4. The van der Waals surface area contributed by atoms with Crippen LogP contribution in [0.5, 0.6) is 5.75 Å². The average molecular weight is 403 g/mol. The minimum absolute atomic E-state index is 0.0590. The lowest BCUT2D eigenvalue weighted by Gasteiger charge is -2.26. The number of carbonyl (C=O) groups excluding carboxylic acids is 1.